The molecule has 1 heterocycles. The second-order valence-electron chi connectivity index (χ2n) is 5.51. The van der Waals surface area contributed by atoms with Crippen molar-refractivity contribution in [1.82, 2.24) is 16.0 Å². The summed E-state index contributed by atoms with van der Waals surface area (Å²) in [6, 6.07) is 7.64. The van der Waals surface area contributed by atoms with E-state index in [2.05, 4.69) is 16.0 Å². The number of nitrogens with one attached hydrogen (secondary N) is 3. The van der Waals surface area contributed by atoms with Crippen LogP contribution in [0.25, 0.3) is 0 Å². The van der Waals surface area contributed by atoms with Gasteiger partial charge >= 0.3 is 6.03 Å². The van der Waals surface area contributed by atoms with Crippen LogP contribution in [0.15, 0.2) is 24.3 Å². The van der Waals surface area contributed by atoms with Gasteiger partial charge in [0.05, 0.1) is 18.2 Å². The molecule has 2 rings (SSSR count). The predicted molar refractivity (Wildman–Crippen MR) is 91.7 cm³/mol. The van der Waals surface area contributed by atoms with Crippen LogP contribution in [0.1, 0.15) is 12.5 Å². The number of methoxy groups -OCH3 is 1. The van der Waals surface area contributed by atoms with E-state index in [-0.39, 0.29) is 17.3 Å². The number of thioether (sulfide) groups is 1. The number of amides is 3. The van der Waals surface area contributed by atoms with Crippen LogP contribution in [-0.4, -0.2) is 43.3 Å². The third-order valence-corrected chi connectivity index (χ3v) is 5.03. The fourth-order valence-corrected chi connectivity index (χ4v) is 3.29. The fourth-order valence-electron chi connectivity index (χ4n) is 2.24. The van der Waals surface area contributed by atoms with Crippen LogP contribution in [0.3, 0.4) is 0 Å². The molecule has 1 aliphatic heterocycles. The number of carbonyl (C=O) groups excluding carboxylic acids is 2. The van der Waals surface area contributed by atoms with E-state index in [9.17, 15) is 9.59 Å². The summed E-state index contributed by atoms with van der Waals surface area (Å²) in [6.45, 7) is 3.29. The quantitative estimate of drug-likeness (QED) is 0.702. The van der Waals surface area contributed by atoms with Crippen LogP contribution in [-0.2, 0) is 11.2 Å². The van der Waals surface area contributed by atoms with Gasteiger partial charge in [0.15, 0.2) is 0 Å². The number of hydrogen-bond donors (Lipinski definition) is 3. The molecule has 1 fully saturated rings. The van der Waals surface area contributed by atoms with Gasteiger partial charge in [-0.2, -0.15) is 0 Å². The zero-order chi connectivity index (χ0) is 16.7. The molecule has 1 aromatic carbocycles. The van der Waals surface area contributed by atoms with Gasteiger partial charge in [0, 0.05) is 19.0 Å². The van der Waals surface area contributed by atoms with Gasteiger partial charge in [0.2, 0.25) is 5.91 Å². The van der Waals surface area contributed by atoms with Crippen molar-refractivity contribution in [2.24, 2.45) is 5.92 Å². The summed E-state index contributed by atoms with van der Waals surface area (Å²) < 4.78 is 5.11. The molecule has 3 N–H and O–H groups in total. The Kier molecular flexibility index (Phi) is 6.58. The molecule has 3 amide bonds. The van der Waals surface area contributed by atoms with E-state index in [1.807, 2.05) is 31.2 Å². The third-order valence-electron chi connectivity index (χ3n) is 3.66. The van der Waals surface area contributed by atoms with Crippen LogP contribution in [0.5, 0.6) is 5.75 Å². The Bertz CT molecular complexity index is 536. The molecule has 1 aromatic rings. The summed E-state index contributed by atoms with van der Waals surface area (Å²) in [4.78, 5) is 23.2. The first kappa shape index (κ1) is 17.5. The van der Waals surface area contributed by atoms with Crippen molar-refractivity contribution in [2.45, 2.75) is 18.7 Å². The largest absolute Gasteiger partial charge is 0.497 e. The standard InChI is InChI=1S/C16H23N3O3S/c1-11-9-18-16(21)19-15(11)23-10-14(20)17-8-7-12-3-5-13(22-2)6-4-12/h3-6,11,15H,7-10H2,1-2H3,(H,17,20)(H2,18,19,21). The molecular formula is C16H23N3O3S. The number of rotatable bonds is 7. The Balaban J connectivity index is 1.65. The summed E-state index contributed by atoms with van der Waals surface area (Å²) >= 11 is 1.47. The van der Waals surface area contributed by atoms with E-state index >= 15 is 0 Å². The second kappa shape index (κ2) is 8.67. The zero-order valence-corrected chi connectivity index (χ0v) is 14.2. The summed E-state index contributed by atoms with van der Waals surface area (Å²) in [7, 11) is 1.64. The summed E-state index contributed by atoms with van der Waals surface area (Å²) in [5.74, 6) is 1.46. The number of urea groups is 1. The maximum atomic E-state index is 11.9. The number of hydrogen-bond acceptors (Lipinski definition) is 4. The monoisotopic (exact) mass is 337 g/mol. The van der Waals surface area contributed by atoms with E-state index in [4.69, 9.17) is 4.74 Å². The molecule has 1 saturated heterocycles. The van der Waals surface area contributed by atoms with Crippen molar-refractivity contribution in [1.29, 1.82) is 0 Å². The molecule has 1 aliphatic rings. The molecule has 2 atom stereocenters. The van der Waals surface area contributed by atoms with Crippen molar-refractivity contribution in [3.05, 3.63) is 29.8 Å². The molecule has 2 unspecified atom stereocenters. The van der Waals surface area contributed by atoms with Crippen LogP contribution in [0, 0.1) is 5.92 Å². The lowest BCUT2D eigenvalue weighted by atomic mass is 10.1. The molecule has 0 saturated carbocycles. The molecule has 0 aromatic heterocycles. The van der Waals surface area contributed by atoms with E-state index < -0.39 is 0 Å². The van der Waals surface area contributed by atoms with Crippen molar-refractivity contribution < 1.29 is 14.3 Å². The highest BCUT2D eigenvalue weighted by Gasteiger charge is 2.25. The lowest BCUT2D eigenvalue weighted by molar-refractivity contribution is -0.118. The molecule has 6 nitrogen and oxygen atoms in total. The van der Waals surface area contributed by atoms with Gasteiger partial charge in [-0.1, -0.05) is 19.1 Å². The third kappa shape index (κ3) is 5.67. The molecule has 7 heteroatoms. The van der Waals surface area contributed by atoms with Gasteiger partial charge < -0.3 is 20.7 Å². The minimum Gasteiger partial charge on any atom is -0.497 e. The minimum absolute atomic E-state index is 0.0107. The van der Waals surface area contributed by atoms with Crippen LogP contribution < -0.4 is 20.7 Å². The molecule has 126 valence electrons. The fraction of sp³-hybridized carbons (Fsp3) is 0.500. The summed E-state index contributed by atoms with van der Waals surface area (Å²) in [5.41, 5.74) is 1.15. The molecular weight excluding hydrogens is 314 g/mol. The Hall–Kier alpha value is -1.89. The first-order valence-electron chi connectivity index (χ1n) is 7.64. The van der Waals surface area contributed by atoms with Crippen molar-refractivity contribution in [3.63, 3.8) is 0 Å². The molecule has 0 spiro atoms. The van der Waals surface area contributed by atoms with Gasteiger partial charge in [0.1, 0.15) is 5.75 Å². The summed E-state index contributed by atoms with van der Waals surface area (Å²) in [5, 5.41) is 8.46. The van der Waals surface area contributed by atoms with Gasteiger partial charge in [-0.25, -0.2) is 4.79 Å². The van der Waals surface area contributed by atoms with Gasteiger partial charge in [0.25, 0.3) is 0 Å². The first-order valence-corrected chi connectivity index (χ1v) is 8.69. The number of carbonyl (C=O) groups is 2. The maximum Gasteiger partial charge on any atom is 0.315 e. The van der Waals surface area contributed by atoms with Crippen LogP contribution in [0.4, 0.5) is 4.79 Å². The normalized spacial score (nSPS) is 20.3. The molecule has 0 aliphatic carbocycles. The minimum atomic E-state index is -0.166. The topological polar surface area (TPSA) is 79.5 Å². The smallest absolute Gasteiger partial charge is 0.315 e. The highest BCUT2D eigenvalue weighted by Crippen LogP contribution is 2.18. The highest BCUT2D eigenvalue weighted by molar-refractivity contribution is 8.00. The van der Waals surface area contributed by atoms with Gasteiger partial charge in [-0.05, 0) is 24.1 Å². The highest BCUT2D eigenvalue weighted by atomic mass is 32.2. The van der Waals surface area contributed by atoms with Gasteiger partial charge in [-0.15, -0.1) is 11.8 Å². The first-order chi connectivity index (χ1) is 11.1. The Labute approximate surface area is 140 Å². The van der Waals surface area contributed by atoms with Crippen molar-refractivity contribution in [3.8, 4) is 5.75 Å². The Morgan fingerprint density at radius 1 is 1.39 bits per heavy atom. The Morgan fingerprint density at radius 3 is 2.83 bits per heavy atom. The van der Waals surface area contributed by atoms with E-state index in [0.29, 0.717) is 24.8 Å². The molecule has 0 bridgehead atoms. The molecule has 0 radical (unpaired) electrons. The second-order valence-corrected chi connectivity index (χ2v) is 6.64. The van der Waals surface area contributed by atoms with E-state index in [0.717, 1.165) is 17.7 Å². The SMILES string of the molecule is COc1ccc(CCNC(=O)CSC2NC(=O)NCC2C)cc1. The van der Waals surface area contributed by atoms with E-state index in [1.165, 1.54) is 11.8 Å². The van der Waals surface area contributed by atoms with Crippen LogP contribution in [0.2, 0.25) is 0 Å². The van der Waals surface area contributed by atoms with Gasteiger partial charge in [-0.3, -0.25) is 4.79 Å². The lowest BCUT2D eigenvalue weighted by Crippen LogP contribution is -2.52. The molecule has 23 heavy (non-hydrogen) atoms. The maximum absolute atomic E-state index is 11.9. The predicted octanol–water partition coefficient (Wildman–Crippen LogP) is 1.36. The number of ether oxygens (including phenoxy) is 1. The van der Waals surface area contributed by atoms with Crippen molar-refractivity contribution in [2.75, 3.05) is 26.0 Å². The van der Waals surface area contributed by atoms with Crippen LogP contribution >= 0.6 is 11.8 Å². The Morgan fingerprint density at radius 2 is 2.13 bits per heavy atom. The lowest BCUT2D eigenvalue weighted by Gasteiger charge is -2.29. The number of benzene rings is 1. The van der Waals surface area contributed by atoms with E-state index in [1.54, 1.807) is 7.11 Å². The summed E-state index contributed by atoms with van der Waals surface area (Å²) in [6.07, 6.45) is 0.779. The zero-order valence-electron chi connectivity index (χ0n) is 13.4. The average molecular weight is 337 g/mol. The van der Waals surface area contributed by atoms with Crippen molar-refractivity contribution >= 4 is 23.7 Å². The average Bonchev–Trinajstić information content (AvgIpc) is 2.56.